The topological polar surface area (TPSA) is 82.3 Å². The van der Waals surface area contributed by atoms with Crippen LogP contribution in [0.25, 0.3) is 0 Å². The number of hydrogen-bond acceptors (Lipinski definition) is 7. The highest BCUT2D eigenvalue weighted by Gasteiger charge is 2.20. The Morgan fingerprint density at radius 3 is 2.63 bits per heavy atom. The molecule has 1 aromatic carbocycles. The van der Waals surface area contributed by atoms with Gasteiger partial charge in [0.1, 0.15) is 4.90 Å². The Morgan fingerprint density at radius 1 is 1.32 bits per heavy atom. The van der Waals surface area contributed by atoms with E-state index in [0.717, 1.165) is 10.2 Å². The smallest absolute Gasteiger partial charge is 0.382 e. The second-order valence-corrected chi connectivity index (χ2v) is 6.94. The Hall–Kier alpha value is -1.06. The molecule has 2 rings (SSSR count). The van der Waals surface area contributed by atoms with Crippen molar-refractivity contribution in [1.82, 2.24) is 10.2 Å². The summed E-state index contributed by atoms with van der Waals surface area (Å²) in [5, 5.41) is 7.43. The minimum absolute atomic E-state index is 0.0126. The van der Waals surface area contributed by atoms with E-state index in [1.165, 1.54) is 23.9 Å². The van der Waals surface area contributed by atoms with Gasteiger partial charge in [-0.3, -0.25) is 0 Å². The van der Waals surface area contributed by atoms with E-state index in [0.29, 0.717) is 0 Å². The van der Waals surface area contributed by atoms with Crippen molar-refractivity contribution in [3.8, 4) is 6.08 Å². The Labute approximate surface area is 122 Å². The number of hydrogen-bond donors (Lipinski definition) is 0. The van der Waals surface area contributed by atoms with Gasteiger partial charge in [-0.2, -0.15) is 8.42 Å². The minimum Gasteiger partial charge on any atom is -0.382 e. The predicted octanol–water partition coefficient (Wildman–Crippen LogP) is 2.71. The maximum atomic E-state index is 11.9. The monoisotopic (exact) mass is 364 g/mol. The van der Waals surface area contributed by atoms with Gasteiger partial charge in [0.05, 0.1) is 0 Å². The van der Waals surface area contributed by atoms with Crippen LogP contribution in [-0.2, 0) is 10.1 Å². The van der Waals surface area contributed by atoms with Crippen molar-refractivity contribution in [1.29, 1.82) is 0 Å². The standard InChI is InChI=1S/C10H9BrN2O4S2/c1-2-18-10-13-12-9(16-10)17-19(14,15)8-5-3-7(11)4-6-8/h3-6H,2H2,1H3. The van der Waals surface area contributed by atoms with Crippen LogP contribution in [0.3, 0.4) is 0 Å². The van der Waals surface area contributed by atoms with Crippen molar-refractivity contribution in [2.24, 2.45) is 0 Å². The average molecular weight is 365 g/mol. The van der Waals surface area contributed by atoms with Gasteiger partial charge >= 0.3 is 16.2 Å². The summed E-state index contributed by atoms with van der Waals surface area (Å²) in [4.78, 5) is 0.0126. The zero-order valence-corrected chi connectivity index (χ0v) is 13.0. The van der Waals surface area contributed by atoms with Gasteiger partial charge in [0.15, 0.2) is 0 Å². The second-order valence-electron chi connectivity index (χ2n) is 3.26. The van der Waals surface area contributed by atoms with Gasteiger partial charge < -0.3 is 8.60 Å². The third-order valence-corrected chi connectivity index (χ3v) is 4.38. The normalized spacial score (nSPS) is 11.5. The lowest BCUT2D eigenvalue weighted by atomic mass is 10.4. The molecule has 0 radical (unpaired) electrons. The minimum atomic E-state index is -3.96. The number of nitrogens with zero attached hydrogens (tertiary/aromatic N) is 2. The van der Waals surface area contributed by atoms with Crippen LogP contribution in [0.5, 0.6) is 6.08 Å². The number of aromatic nitrogens is 2. The van der Waals surface area contributed by atoms with E-state index < -0.39 is 10.1 Å². The SMILES string of the molecule is CCSc1nnc(OS(=O)(=O)c2ccc(Br)cc2)o1. The fourth-order valence-corrected chi connectivity index (χ4v) is 2.72. The zero-order valence-electron chi connectivity index (χ0n) is 9.74. The first-order chi connectivity index (χ1) is 9.01. The van der Waals surface area contributed by atoms with Crippen LogP contribution in [0, 0.1) is 0 Å². The molecule has 6 nitrogen and oxygen atoms in total. The van der Waals surface area contributed by atoms with Gasteiger partial charge in [0.2, 0.25) is 0 Å². The van der Waals surface area contributed by atoms with E-state index in [2.05, 4.69) is 26.1 Å². The van der Waals surface area contributed by atoms with Crippen molar-refractivity contribution in [3.05, 3.63) is 28.7 Å². The fraction of sp³-hybridized carbons (Fsp3) is 0.200. The molecule has 102 valence electrons. The molecule has 0 fully saturated rings. The molecule has 0 spiro atoms. The van der Waals surface area contributed by atoms with E-state index in [4.69, 9.17) is 8.60 Å². The van der Waals surface area contributed by atoms with Crippen LogP contribution < -0.4 is 4.18 Å². The van der Waals surface area contributed by atoms with E-state index in [1.807, 2.05) is 6.92 Å². The van der Waals surface area contributed by atoms with E-state index >= 15 is 0 Å². The molecule has 0 amide bonds. The summed E-state index contributed by atoms with van der Waals surface area (Å²) in [7, 11) is -3.96. The first-order valence-electron chi connectivity index (χ1n) is 5.17. The maximum absolute atomic E-state index is 11.9. The van der Waals surface area contributed by atoms with Gasteiger partial charge in [-0.1, -0.05) is 44.8 Å². The van der Waals surface area contributed by atoms with Crippen LogP contribution in [0.1, 0.15) is 6.92 Å². The van der Waals surface area contributed by atoms with E-state index in [1.54, 1.807) is 12.1 Å². The summed E-state index contributed by atoms with van der Waals surface area (Å²) in [5.74, 6) is 0.737. The number of benzene rings is 1. The number of halogens is 1. The molecular formula is C10H9BrN2O4S2. The summed E-state index contributed by atoms with van der Waals surface area (Å²) >= 11 is 4.52. The lowest BCUT2D eigenvalue weighted by molar-refractivity contribution is 0.333. The van der Waals surface area contributed by atoms with Crippen LogP contribution in [-0.4, -0.2) is 24.4 Å². The molecule has 2 aromatic rings. The molecule has 0 unspecified atom stereocenters. The van der Waals surface area contributed by atoms with E-state index in [9.17, 15) is 8.42 Å². The summed E-state index contributed by atoms with van der Waals surface area (Å²) in [6.07, 6.45) is -0.390. The van der Waals surface area contributed by atoms with Crippen molar-refractivity contribution >= 4 is 37.8 Å². The summed E-state index contributed by atoms with van der Waals surface area (Å²) < 4.78 is 34.4. The summed E-state index contributed by atoms with van der Waals surface area (Å²) in [6.45, 7) is 1.91. The Kier molecular flexibility index (Phi) is 4.48. The van der Waals surface area contributed by atoms with Crippen LogP contribution in [0.2, 0.25) is 0 Å². The van der Waals surface area contributed by atoms with Gasteiger partial charge in [-0.25, -0.2) is 0 Å². The highest BCUT2D eigenvalue weighted by atomic mass is 79.9. The third kappa shape index (κ3) is 3.71. The molecule has 0 aliphatic rings. The fourth-order valence-electron chi connectivity index (χ4n) is 1.16. The summed E-state index contributed by atoms with van der Waals surface area (Å²) in [5.41, 5.74) is 0. The molecular weight excluding hydrogens is 356 g/mol. The third-order valence-electron chi connectivity index (χ3n) is 1.94. The van der Waals surface area contributed by atoms with Crippen LogP contribution in [0.15, 0.2) is 43.3 Å². The highest BCUT2D eigenvalue weighted by molar-refractivity contribution is 9.10. The lowest BCUT2D eigenvalue weighted by Crippen LogP contribution is -2.09. The molecule has 0 saturated heterocycles. The Bertz CT molecular complexity index is 654. The first-order valence-corrected chi connectivity index (χ1v) is 8.36. The molecule has 1 aromatic heterocycles. The molecule has 19 heavy (non-hydrogen) atoms. The molecule has 0 aliphatic heterocycles. The molecule has 0 saturated carbocycles. The van der Waals surface area contributed by atoms with Crippen LogP contribution in [0.4, 0.5) is 0 Å². The van der Waals surface area contributed by atoms with Crippen molar-refractivity contribution in [2.45, 2.75) is 17.0 Å². The van der Waals surface area contributed by atoms with Gasteiger partial charge in [-0.15, -0.1) is 0 Å². The molecule has 0 aliphatic carbocycles. The maximum Gasteiger partial charge on any atom is 0.431 e. The van der Waals surface area contributed by atoms with Gasteiger partial charge in [0.25, 0.3) is 5.22 Å². The van der Waals surface area contributed by atoms with E-state index in [-0.39, 0.29) is 16.2 Å². The van der Waals surface area contributed by atoms with Crippen molar-refractivity contribution in [2.75, 3.05) is 5.75 Å². The highest BCUT2D eigenvalue weighted by Crippen LogP contribution is 2.23. The van der Waals surface area contributed by atoms with Crippen molar-refractivity contribution in [3.63, 3.8) is 0 Å². The number of thioether (sulfide) groups is 1. The second kappa shape index (κ2) is 5.93. The number of rotatable bonds is 5. The summed E-state index contributed by atoms with van der Waals surface area (Å²) in [6, 6.07) is 6.03. The molecule has 9 heteroatoms. The van der Waals surface area contributed by atoms with Crippen LogP contribution >= 0.6 is 27.7 Å². The predicted molar refractivity (Wildman–Crippen MR) is 72.7 cm³/mol. The van der Waals surface area contributed by atoms with Crippen molar-refractivity contribution < 1.29 is 17.0 Å². The average Bonchev–Trinajstić information content (AvgIpc) is 2.77. The Morgan fingerprint density at radius 2 is 2.00 bits per heavy atom. The Balaban J connectivity index is 2.18. The largest absolute Gasteiger partial charge is 0.431 e. The quantitative estimate of drug-likeness (QED) is 0.595. The van der Waals surface area contributed by atoms with Gasteiger partial charge in [0, 0.05) is 4.47 Å². The zero-order chi connectivity index (χ0) is 13.9. The van der Waals surface area contributed by atoms with Gasteiger partial charge in [-0.05, 0) is 30.0 Å². The molecule has 0 atom stereocenters. The molecule has 1 heterocycles. The molecule has 0 bridgehead atoms. The molecule has 0 N–H and O–H groups in total. The first kappa shape index (κ1) is 14.4. The lowest BCUT2D eigenvalue weighted by Gasteiger charge is -2.02.